The molecule has 1 atom stereocenters. The number of ether oxygens (including phenoxy) is 1. The van der Waals surface area contributed by atoms with E-state index in [9.17, 15) is 4.79 Å². The molecule has 0 fully saturated rings. The van der Waals surface area contributed by atoms with Crippen LogP contribution in [0.3, 0.4) is 0 Å². The lowest BCUT2D eigenvalue weighted by Crippen LogP contribution is -2.21. The SMILES string of the molecule is CC(C)Oc1ccc(NC(=O)C(C)CCl)cc1. The fraction of sp³-hybridized carbons (Fsp3) is 0.462. The number of amides is 1. The van der Waals surface area contributed by atoms with Gasteiger partial charge in [-0.2, -0.15) is 0 Å². The summed E-state index contributed by atoms with van der Waals surface area (Å²) in [5.74, 6) is 0.851. The van der Waals surface area contributed by atoms with Gasteiger partial charge in [0.05, 0.1) is 6.10 Å². The number of carbonyl (C=O) groups is 1. The molecule has 0 saturated heterocycles. The largest absolute Gasteiger partial charge is 0.491 e. The number of carbonyl (C=O) groups excluding carboxylic acids is 1. The second-order valence-electron chi connectivity index (χ2n) is 4.24. The Kier molecular flexibility index (Phi) is 5.29. The molecule has 1 N–H and O–H groups in total. The summed E-state index contributed by atoms with van der Waals surface area (Å²) in [6.45, 7) is 5.73. The summed E-state index contributed by atoms with van der Waals surface area (Å²) in [5, 5.41) is 2.79. The smallest absolute Gasteiger partial charge is 0.228 e. The van der Waals surface area contributed by atoms with Gasteiger partial charge in [-0.1, -0.05) is 6.92 Å². The quantitative estimate of drug-likeness (QED) is 0.820. The monoisotopic (exact) mass is 255 g/mol. The molecule has 0 saturated carbocycles. The third kappa shape index (κ3) is 4.65. The van der Waals surface area contributed by atoms with Crippen molar-refractivity contribution >= 4 is 23.2 Å². The molecule has 1 aromatic carbocycles. The van der Waals surface area contributed by atoms with E-state index >= 15 is 0 Å². The lowest BCUT2D eigenvalue weighted by molar-refractivity contribution is -0.118. The molecule has 0 aliphatic rings. The first kappa shape index (κ1) is 13.8. The lowest BCUT2D eigenvalue weighted by atomic mass is 10.2. The van der Waals surface area contributed by atoms with Crippen LogP contribution in [0.5, 0.6) is 5.75 Å². The van der Waals surface area contributed by atoms with Crippen molar-refractivity contribution < 1.29 is 9.53 Å². The topological polar surface area (TPSA) is 38.3 Å². The highest BCUT2D eigenvalue weighted by Crippen LogP contribution is 2.17. The van der Waals surface area contributed by atoms with Gasteiger partial charge in [0.1, 0.15) is 5.75 Å². The molecule has 0 aliphatic carbocycles. The van der Waals surface area contributed by atoms with E-state index in [0.29, 0.717) is 5.88 Å². The van der Waals surface area contributed by atoms with Gasteiger partial charge in [0.25, 0.3) is 0 Å². The number of hydrogen-bond acceptors (Lipinski definition) is 2. The second kappa shape index (κ2) is 6.50. The summed E-state index contributed by atoms with van der Waals surface area (Å²) in [5.41, 5.74) is 0.753. The highest BCUT2D eigenvalue weighted by molar-refractivity contribution is 6.19. The Bertz CT molecular complexity index is 362. The van der Waals surface area contributed by atoms with Crippen molar-refractivity contribution in [2.45, 2.75) is 26.9 Å². The molecule has 1 amide bonds. The summed E-state index contributed by atoms with van der Waals surface area (Å²) in [7, 11) is 0. The number of alkyl halides is 1. The molecule has 0 heterocycles. The minimum Gasteiger partial charge on any atom is -0.491 e. The average Bonchev–Trinajstić information content (AvgIpc) is 2.30. The van der Waals surface area contributed by atoms with E-state index in [-0.39, 0.29) is 17.9 Å². The van der Waals surface area contributed by atoms with Crippen LogP contribution in [-0.4, -0.2) is 17.9 Å². The maximum Gasteiger partial charge on any atom is 0.228 e. The van der Waals surface area contributed by atoms with Crippen molar-refractivity contribution in [2.24, 2.45) is 5.92 Å². The molecule has 1 aromatic rings. The Labute approximate surface area is 107 Å². The first-order valence-electron chi connectivity index (χ1n) is 5.66. The van der Waals surface area contributed by atoms with Gasteiger partial charge in [-0.3, -0.25) is 4.79 Å². The fourth-order valence-corrected chi connectivity index (χ4v) is 1.36. The van der Waals surface area contributed by atoms with Gasteiger partial charge in [-0.15, -0.1) is 11.6 Å². The zero-order valence-electron chi connectivity index (χ0n) is 10.4. The third-order valence-corrected chi connectivity index (χ3v) is 2.64. The molecule has 0 spiro atoms. The van der Waals surface area contributed by atoms with Crippen molar-refractivity contribution in [1.82, 2.24) is 0 Å². The number of nitrogens with one attached hydrogen (secondary N) is 1. The third-order valence-electron chi connectivity index (χ3n) is 2.17. The van der Waals surface area contributed by atoms with E-state index in [4.69, 9.17) is 16.3 Å². The molecular formula is C13H18ClNO2. The second-order valence-corrected chi connectivity index (χ2v) is 4.54. The zero-order valence-corrected chi connectivity index (χ0v) is 11.1. The van der Waals surface area contributed by atoms with Crippen LogP contribution < -0.4 is 10.1 Å². The van der Waals surface area contributed by atoms with E-state index in [1.807, 2.05) is 38.1 Å². The van der Waals surface area contributed by atoms with Gasteiger partial charge in [-0.25, -0.2) is 0 Å². The number of halogens is 1. The summed E-state index contributed by atoms with van der Waals surface area (Å²) in [6, 6.07) is 7.30. The minimum absolute atomic E-state index is 0.0717. The molecule has 1 unspecified atom stereocenters. The molecule has 1 rings (SSSR count). The lowest BCUT2D eigenvalue weighted by Gasteiger charge is -2.12. The summed E-state index contributed by atoms with van der Waals surface area (Å²) in [6.07, 6.45) is 0.145. The number of hydrogen-bond donors (Lipinski definition) is 1. The van der Waals surface area contributed by atoms with E-state index in [2.05, 4.69) is 5.32 Å². The molecule has 0 bridgehead atoms. The van der Waals surface area contributed by atoms with Gasteiger partial charge in [-0.05, 0) is 38.1 Å². The number of rotatable bonds is 5. The molecular weight excluding hydrogens is 238 g/mol. The van der Waals surface area contributed by atoms with E-state index in [1.165, 1.54) is 0 Å². The van der Waals surface area contributed by atoms with Crippen molar-refractivity contribution in [3.8, 4) is 5.75 Å². The molecule has 0 aliphatic heterocycles. The predicted octanol–water partition coefficient (Wildman–Crippen LogP) is 3.29. The van der Waals surface area contributed by atoms with Crippen molar-refractivity contribution in [1.29, 1.82) is 0 Å². The van der Waals surface area contributed by atoms with Gasteiger partial charge in [0.2, 0.25) is 5.91 Å². The van der Waals surface area contributed by atoms with Crippen LogP contribution in [0.15, 0.2) is 24.3 Å². The van der Waals surface area contributed by atoms with Crippen LogP contribution in [0.2, 0.25) is 0 Å². The van der Waals surface area contributed by atoms with Gasteiger partial charge in [0.15, 0.2) is 0 Å². The number of benzene rings is 1. The Hall–Kier alpha value is -1.22. The van der Waals surface area contributed by atoms with Crippen molar-refractivity contribution in [3.63, 3.8) is 0 Å². The van der Waals surface area contributed by atoms with Crippen molar-refractivity contribution in [3.05, 3.63) is 24.3 Å². The predicted molar refractivity (Wildman–Crippen MR) is 70.7 cm³/mol. The maximum absolute atomic E-state index is 11.6. The molecule has 4 heteroatoms. The standard InChI is InChI=1S/C13H18ClNO2/c1-9(2)17-12-6-4-11(5-7-12)15-13(16)10(3)8-14/h4-7,9-10H,8H2,1-3H3,(H,15,16). The van der Waals surface area contributed by atoms with Crippen LogP contribution in [0.1, 0.15) is 20.8 Å². The minimum atomic E-state index is -0.191. The van der Waals surface area contributed by atoms with Crippen LogP contribution in [0, 0.1) is 5.92 Å². The number of anilines is 1. The van der Waals surface area contributed by atoms with E-state index < -0.39 is 0 Å². The van der Waals surface area contributed by atoms with E-state index in [1.54, 1.807) is 6.92 Å². The average molecular weight is 256 g/mol. The van der Waals surface area contributed by atoms with Crippen molar-refractivity contribution in [2.75, 3.05) is 11.2 Å². The van der Waals surface area contributed by atoms with Gasteiger partial charge < -0.3 is 10.1 Å². The molecule has 3 nitrogen and oxygen atoms in total. The summed E-state index contributed by atoms with van der Waals surface area (Å²) in [4.78, 5) is 11.6. The highest BCUT2D eigenvalue weighted by Gasteiger charge is 2.11. The molecule has 0 aromatic heterocycles. The maximum atomic E-state index is 11.6. The first-order chi connectivity index (χ1) is 8.02. The summed E-state index contributed by atoms with van der Waals surface area (Å²) >= 11 is 5.61. The first-order valence-corrected chi connectivity index (χ1v) is 6.20. The van der Waals surface area contributed by atoms with Gasteiger partial charge in [0, 0.05) is 17.5 Å². The van der Waals surface area contributed by atoms with Crippen LogP contribution >= 0.6 is 11.6 Å². The molecule has 94 valence electrons. The highest BCUT2D eigenvalue weighted by atomic mass is 35.5. The van der Waals surface area contributed by atoms with Crippen LogP contribution in [0.4, 0.5) is 5.69 Å². The Balaban J connectivity index is 2.59. The molecule has 0 radical (unpaired) electrons. The fourth-order valence-electron chi connectivity index (χ4n) is 1.22. The van der Waals surface area contributed by atoms with Crippen LogP contribution in [0.25, 0.3) is 0 Å². The Morgan fingerprint density at radius 1 is 1.29 bits per heavy atom. The van der Waals surface area contributed by atoms with Crippen LogP contribution in [-0.2, 0) is 4.79 Å². The Morgan fingerprint density at radius 3 is 2.35 bits per heavy atom. The van der Waals surface area contributed by atoms with E-state index in [0.717, 1.165) is 11.4 Å². The molecule has 17 heavy (non-hydrogen) atoms. The zero-order chi connectivity index (χ0) is 12.8. The summed E-state index contributed by atoms with van der Waals surface area (Å²) < 4.78 is 5.51. The van der Waals surface area contributed by atoms with Gasteiger partial charge >= 0.3 is 0 Å². The Morgan fingerprint density at radius 2 is 1.88 bits per heavy atom. The normalized spacial score (nSPS) is 12.3.